The van der Waals surface area contributed by atoms with E-state index in [1.165, 1.54) is 7.11 Å². The van der Waals surface area contributed by atoms with Gasteiger partial charge in [0.05, 0.1) is 7.11 Å². The second-order valence-electron chi connectivity index (χ2n) is 3.92. The summed E-state index contributed by atoms with van der Waals surface area (Å²) in [6.45, 7) is 0. The van der Waals surface area contributed by atoms with Gasteiger partial charge in [-0.3, -0.25) is 9.59 Å². The Kier molecular flexibility index (Phi) is 6.54. The summed E-state index contributed by atoms with van der Waals surface area (Å²) in [5.41, 5.74) is 0. The predicted octanol–water partition coefficient (Wildman–Crippen LogP) is 2.72. The Morgan fingerprint density at radius 3 is 2.17 bits per heavy atom. The van der Waals surface area contributed by atoms with Gasteiger partial charge < -0.3 is 9.47 Å². The smallest absolute Gasteiger partial charge is 0.311 e. The number of unbranched alkanes of at least 4 members (excludes halogenated alkanes) is 2. The Morgan fingerprint density at radius 1 is 0.944 bits per heavy atom. The second kappa shape index (κ2) is 8.28. The molecule has 0 amide bonds. The van der Waals surface area contributed by atoms with Crippen LogP contribution >= 0.6 is 0 Å². The van der Waals surface area contributed by atoms with Gasteiger partial charge >= 0.3 is 11.9 Å². The van der Waals surface area contributed by atoms with Crippen molar-refractivity contribution in [3.8, 4) is 5.75 Å². The zero-order valence-corrected chi connectivity index (χ0v) is 10.6. The van der Waals surface area contributed by atoms with Crippen LogP contribution in [0.15, 0.2) is 30.3 Å². The van der Waals surface area contributed by atoms with Crippen LogP contribution in [0.25, 0.3) is 0 Å². The molecule has 1 aromatic rings. The van der Waals surface area contributed by atoms with Gasteiger partial charge in [-0.15, -0.1) is 0 Å². The average molecular weight is 250 g/mol. The molecular weight excluding hydrogens is 232 g/mol. The van der Waals surface area contributed by atoms with Crippen LogP contribution in [0.3, 0.4) is 0 Å². The topological polar surface area (TPSA) is 52.6 Å². The molecule has 0 bridgehead atoms. The van der Waals surface area contributed by atoms with Crippen LogP contribution in [0, 0.1) is 0 Å². The lowest BCUT2D eigenvalue weighted by molar-refractivity contribution is -0.140. The van der Waals surface area contributed by atoms with Gasteiger partial charge in [0.25, 0.3) is 0 Å². The van der Waals surface area contributed by atoms with E-state index in [4.69, 9.17) is 4.74 Å². The summed E-state index contributed by atoms with van der Waals surface area (Å²) in [4.78, 5) is 22.3. The molecule has 0 unspecified atom stereocenters. The maximum atomic E-state index is 11.5. The van der Waals surface area contributed by atoms with Crippen LogP contribution in [-0.2, 0) is 14.3 Å². The fraction of sp³-hybridized carbons (Fsp3) is 0.429. The Bertz CT molecular complexity index is 373. The van der Waals surface area contributed by atoms with Crippen molar-refractivity contribution in [2.45, 2.75) is 32.1 Å². The van der Waals surface area contributed by atoms with E-state index in [0.717, 1.165) is 19.3 Å². The molecule has 0 heterocycles. The SMILES string of the molecule is COC(=O)CCCCCC(=O)Oc1ccccc1. The Morgan fingerprint density at radius 2 is 1.56 bits per heavy atom. The van der Waals surface area contributed by atoms with Gasteiger partial charge in [-0.25, -0.2) is 0 Å². The second-order valence-corrected chi connectivity index (χ2v) is 3.92. The van der Waals surface area contributed by atoms with E-state index in [-0.39, 0.29) is 11.9 Å². The van der Waals surface area contributed by atoms with Gasteiger partial charge in [0.15, 0.2) is 0 Å². The first kappa shape index (κ1) is 14.2. The van der Waals surface area contributed by atoms with E-state index < -0.39 is 0 Å². The zero-order chi connectivity index (χ0) is 13.2. The molecule has 0 aromatic heterocycles. The maximum Gasteiger partial charge on any atom is 0.311 e. The molecule has 0 saturated heterocycles. The van der Waals surface area contributed by atoms with Crippen LogP contribution in [0.1, 0.15) is 32.1 Å². The standard InChI is InChI=1S/C14H18O4/c1-17-13(15)10-6-3-7-11-14(16)18-12-8-4-2-5-9-12/h2,4-5,8-9H,3,6-7,10-11H2,1H3. The van der Waals surface area contributed by atoms with Gasteiger partial charge in [0.1, 0.15) is 5.75 Å². The largest absolute Gasteiger partial charge is 0.469 e. The van der Waals surface area contributed by atoms with Crippen molar-refractivity contribution in [3.63, 3.8) is 0 Å². The van der Waals surface area contributed by atoms with Crippen LogP contribution in [0.2, 0.25) is 0 Å². The highest BCUT2D eigenvalue weighted by Crippen LogP contribution is 2.11. The highest BCUT2D eigenvalue weighted by Gasteiger charge is 2.05. The maximum absolute atomic E-state index is 11.5. The summed E-state index contributed by atoms with van der Waals surface area (Å²) < 4.78 is 9.66. The molecule has 0 atom stereocenters. The van der Waals surface area contributed by atoms with Crippen molar-refractivity contribution in [3.05, 3.63) is 30.3 Å². The lowest BCUT2D eigenvalue weighted by atomic mass is 10.1. The van der Waals surface area contributed by atoms with E-state index in [1.807, 2.05) is 18.2 Å². The third kappa shape index (κ3) is 6.03. The molecule has 0 N–H and O–H groups in total. The van der Waals surface area contributed by atoms with Crippen molar-refractivity contribution < 1.29 is 19.1 Å². The van der Waals surface area contributed by atoms with Crippen molar-refractivity contribution in [1.82, 2.24) is 0 Å². The van der Waals surface area contributed by atoms with Crippen molar-refractivity contribution in [1.29, 1.82) is 0 Å². The molecule has 0 saturated carbocycles. The number of para-hydroxylation sites is 1. The molecule has 0 aliphatic heterocycles. The van der Waals surface area contributed by atoms with Crippen LogP contribution in [0.4, 0.5) is 0 Å². The van der Waals surface area contributed by atoms with Gasteiger partial charge in [0.2, 0.25) is 0 Å². The van der Waals surface area contributed by atoms with Gasteiger partial charge in [-0.2, -0.15) is 0 Å². The molecular formula is C14H18O4. The zero-order valence-electron chi connectivity index (χ0n) is 10.6. The molecule has 4 heteroatoms. The Balaban J connectivity index is 2.09. The molecule has 1 aromatic carbocycles. The summed E-state index contributed by atoms with van der Waals surface area (Å²) in [5.74, 6) is 0.123. The minimum Gasteiger partial charge on any atom is -0.469 e. The molecule has 4 nitrogen and oxygen atoms in total. The number of carbonyl (C=O) groups excluding carboxylic acids is 2. The number of methoxy groups -OCH3 is 1. The predicted molar refractivity (Wildman–Crippen MR) is 67.2 cm³/mol. The van der Waals surface area contributed by atoms with Crippen LogP contribution in [0.5, 0.6) is 5.75 Å². The molecule has 0 aliphatic carbocycles. The third-order valence-electron chi connectivity index (χ3n) is 2.46. The number of rotatable bonds is 7. The molecule has 98 valence electrons. The summed E-state index contributed by atoms with van der Waals surface area (Å²) in [6, 6.07) is 8.99. The lowest BCUT2D eigenvalue weighted by Crippen LogP contribution is -2.07. The number of carbonyl (C=O) groups is 2. The molecule has 0 spiro atoms. The number of benzene rings is 1. The minimum absolute atomic E-state index is 0.207. The highest BCUT2D eigenvalue weighted by molar-refractivity contribution is 5.72. The highest BCUT2D eigenvalue weighted by atomic mass is 16.5. The normalized spacial score (nSPS) is 9.83. The summed E-state index contributed by atoms with van der Waals surface area (Å²) in [5, 5.41) is 0. The lowest BCUT2D eigenvalue weighted by Gasteiger charge is -2.03. The summed E-state index contributed by atoms with van der Waals surface area (Å²) >= 11 is 0. The number of hydrogen-bond donors (Lipinski definition) is 0. The van der Waals surface area contributed by atoms with E-state index in [0.29, 0.717) is 18.6 Å². The van der Waals surface area contributed by atoms with E-state index in [9.17, 15) is 9.59 Å². The molecule has 0 fully saturated rings. The first-order chi connectivity index (χ1) is 8.72. The van der Waals surface area contributed by atoms with E-state index in [2.05, 4.69) is 4.74 Å². The van der Waals surface area contributed by atoms with Crippen molar-refractivity contribution in [2.24, 2.45) is 0 Å². The third-order valence-corrected chi connectivity index (χ3v) is 2.46. The van der Waals surface area contributed by atoms with E-state index in [1.54, 1.807) is 12.1 Å². The van der Waals surface area contributed by atoms with Gasteiger partial charge in [-0.1, -0.05) is 24.6 Å². The molecule has 1 rings (SSSR count). The van der Waals surface area contributed by atoms with Crippen LogP contribution < -0.4 is 4.74 Å². The van der Waals surface area contributed by atoms with Gasteiger partial charge in [0, 0.05) is 12.8 Å². The Labute approximate surface area is 107 Å². The summed E-state index contributed by atoms with van der Waals surface area (Å²) in [6.07, 6.45) is 3.06. The van der Waals surface area contributed by atoms with Crippen molar-refractivity contribution in [2.75, 3.05) is 7.11 Å². The molecule has 18 heavy (non-hydrogen) atoms. The minimum atomic E-state index is -0.237. The monoisotopic (exact) mass is 250 g/mol. The average Bonchev–Trinajstić information content (AvgIpc) is 2.39. The fourth-order valence-electron chi connectivity index (χ4n) is 1.49. The molecule has 0 radical (unpaired) electrons. The first-order valence-electron chi connectivity index (χ1n) is 6.05. The fourth-order valence-corrected chi connectivity index (χ4v) is 1.49. The molecule has 0 aliphatic rings. The number of ether oxygens (including phenoxy) is 2. The number of esters is 2. The van der Waals surface area contributed by atoms with Crippen molar-refractivity contribution >= 4 is 11.9 Å². The first-order valence-corrected chi connectivity index (χ1v) is 6.05. The Hall–Kier alpha value is -1.84. The summed E-state index contributed by atoms with van der Waals surface area (Å²) in [7, 11) is 1.37. The van der Waals surface area contributed by atoms with E-state index >= 15 is 0 Å². The quantitative estimate of drug-likeness (QED) is 0.424. The van der Waals surface area contributed by atoms with Gasteiger partial charge in [-0.05, 0) is 25.0 Å². The van der Waals surface area contributed by atoms with Crippen LogP contribution in [-0.4, -0.2) is 19.0 Å². The number of hydrogen-bond acceptors (Lipinski definition) is 4.